The predicted molar refractivity (Wildman–Crippen MR) is 384 cm³/mol. The van der Waals surface area contributed by atoms with Crippen LogP contribution < -0.4 is 16.4 Å². The van der Waals surface area contributed by atoms with E-state index in [4.69, 9.17) is 19.6 Å². The molecule has 23 heteroatoms. The van der Waals surface area contributed by atoms with Crippen LogP contribution >= 0.6 is 24.0 Å². The summed E-state index contributed by atoms with van der Waals surface area (Å²) in [6, 6.07) is 32.0. The van der Waals surface area contributed by atoms with E-state index in [0.717, 1.165) is 123 Å². The van der Waals surface area contributed by atoms with E-state index in [9.17, 15) is 14.4 Å². The molecule has 2 aliphatic rings. The normalized spacial score (nSPS) is 12.7. The predicted octanol–water partition coefficient (Wildman–Crippen LogP) is 11.5. The molecule has 10 heterocycles. The number of carboxylic acids is 1. The molecule has 0 unspecified atom stereocenters. The number of benzene rings is 2. The third kappa shape index (κ3) is 21.2. The van der Waals surface area contributed by atoms with Crippen LogP contribution in [0.5, 0.6) is 0 Å². The van der Waals surface area contributed by atoms with Crippen LogP contribution in [0.4, 0.5) is 0 Å². The monoisotopic (exact) mass is 1400 g/mol. The third-order valence-corrected chi connectivity index (χ3v) is 16.2. The van der Waals surface area contributed by atoms with Gasteiger partial charge in [-0.2, -0.15) is 25.5 Å². The van der Waals surface area contributed by atoms with E-state index in [-0.39, 0.29) is 47.5 Å². The maximum atomic E-state index is 13.2. The van der Waals surface area contributed by atoms with E-state index >= 15 is 0 Å². The van der Waals surface area contributed by atoms with Gasteiger partial charge in [0.2, 0.25) is 0 Å². The van der Waals surface area contributed by atoms with Crippen molar-refractivity contribution in [2.24, 2.45) is 46.9 Å². The molecule has 5 N–H and O–H groups in total. The molecular weight excluding hydrogens is 1310 g/mol. The number of pyridine rings is 3. The molecule has 0 bridgehead atoms. The molecule has 12 rings (SSSR count). The van der Waals surface area contributed by atoms with Gasteiger partial charge in [0.1, 0.15) is 34.2 Å². The van der Waals surface area contributed by atoms with E-state index in [1.54, 1.807) is 31.8 Å². The van der Waals surface area contributed by atoms with Crippen LogP contribution in [0.1, 0.15) is 122 Å². The number of aromatic carboxylic acids is 1. The first kappa shape index (κ1) is 75.0. The third-order valence-electron chi connectivity index (χ3n) is 16.2. The second kappa shape index (κ2) is 36.6. The Hall–Kier alpha value is -9.04. The molecule has 2 amide bonds. The van der Waals surface area contributed by atoms with Crippen LogP contribution in [-0.2, 0) is 64.0 Å². The highest BCUT2D eigenvalue weighted by Crippen LogP contribution is 2.29. The van der Waals surface area contributed by atoms with Gasteiger partial charge < -0.3 is 30.9 Å². The summed E-state index contributed by atoms with van der Waals surface area (Å²) in [5.74, 6) is -0.427. The van der Waals surface area contributed by atoms with Gasteiger partial charge in [-0.15, -0.1) is 24.0 Å². The highest BCUT2D eigenvalue weighted by molar-refractivity contribution is 14.0. The van der Waals surface area contributed by atoms with Crippen LogP contribution in [-0.4, -0.2) is 133 Å². The standard InChI is InChI=1S/C27H30N6O2.C14H18N4O.C13H15N3O2.C11H12N2.C6H12O.CH5N.HI/c1-18-21(16-19-4-6-20(7-5-19)23-8-12-32(2)30-23)17-25(27(34)28-22-10-14-35-15-11-22)29-26(18)24-9-13-33(3)31-24;1-5-10-8-12(14(19)15-3)16-13(9(10)2)11-6-7-18(4)17-11;1-4-9-7-11(13(17)18)14-12(8(9)2)10-5-6-16(3)15-10;1-9-3-5-10(6-4-9)11-7-8-13(2)12-11;1-6-2-4-7-5-3-6;1-2;/h4-9,12-13,17,22H,10-11,14-16H2,1-3H3,(H,28,34);6-8H,5H2,1-4H3,(H,15,19);5-7H,4H2,1-3H3,(H,17,18);3-8H,1-2H3;6H,2-5H2,1H3;2H2,1H3;1H. The number of halogens is 1. The van der Waals surface area contributed by atoms with Crippen molar-refractivity contribution in [2.45, 2.75) is 99.5 Å². The van der Waals surface area contributed by atoms with Gasteiger partial charge in [-0.25, -0.2) is 19.7 Å². The van der Waals surface area contributed by atoms with Gasteiger partial charge in [0.15, 0.2) is 0 Å². The Bertz CT molecular complexity index is 4080. The maximum Gasteiger partial charge on any atom is 0.354 e. The molecule has 8 aromatic heterocycles. The van der Waals surface area contributed by atoms with E-state index in [1.165, 1.54) is 31.0 Å². The minimum Gasteiger partial charge on any atom is -0.477 e. The maximum absolute atomic E-state index is 13.2. The molecule has 0 aliphatic carbocycles. The number of carboxylic acid groups (broad SMARTS) is 1. The summed E-state index contributed by atoms with van der Waals surface area (Å²) in [5, 5.41) is 36.8. The number of carbonyl (C=O) groups is 3. The van der Waals surface area contributed by atoms with Crippen molar-refractivity contribution in [2.75, 3.05) is 40.5 Å². The topological polar surface area (TPSA) is 268 Å². The van der Waals surface area contributed by atoms with Crippen LogP contribution in [0.2, 0.25) is 0 Å². The first-order chi connectivity index (χ1) is 45.2. The average molecular weight is 1410 g/mol. The lowest BCUT2D eigenvalue weighted by molar-refractivity contribution is 0.0683. The molecule has 504 valence electrons. The van der Waals surface area contributed by atoms with E-state index in [0.29, 0.717) is 42.4 Å². The van der Waals surface area contributed by atoms with Gasteiger partial charge in [-0.1, -0.05) is 74.9 Å². The summed E-state index contributed by atoms with van der Waals surface area (Å²) in [6.07, 6.45) is 16.0. The lowest BCUT2D eigenvalue weighted by Gasteiger charge is -2.23. The summed E-state index contributed by atoms with van der Waals surface area (Å²) < 4.78 is 19.3. The lowest BCUT2D eigenvalue weighted by atomic mass is 9.96. The SMILES string of the molecule is CC1CCOCC1.CCc1cc(C(=O)NC)nc(-c2ccn(C)n2)c1C.CCc1cc(C(=O)O)nc(-c2ccn(C)n2)c1C.CN.Cc1c(Cc2ccc(-c3ccn(C)n3)cc2)cc(C(=O)NC2CCOCC2)nc1-c1ccn(C)n1.Cc1ccc(-c2ccn(C)n2)cc1.I. The van der Waals surface area contributed by atoms with E-state index in [2.05, 4.69) is 128 Å². The van der Waals surface area contributed by atoms with Gasteiger partial charge in [-0.3, -0.25) is 33.0 Å². The zero-order valence-corrected chi connectivity index (χ0v) is 59.7. The Balaban J connectivity index is 0.000000203. The van der Waals surface area contributed by atoms with Crippen LogP contribution in [0.25, 0.3) is 56.7 Å². The van der Waals surface area contributed by atoms with Gasteiger partial charge in [0.25, 0.3) is 11.8 Å². The number of amides is 2. The Morgan fingerprint density at radius 3 is 1.21 bits per heavy atom. The number of rotatable bonds is 13. The molecule has 0 radical (unpaired) electrons. The molecule has 0 saturated carbocycles. The molecule has 2 aliphatic heterocycles. The van der Waals surface area contributed by atoms with Crippen molar-refractivity contribution in [3.63, 3.8) is 0 Å². The highest BCUT2D eigenvalue weighted by atomic mass is 127. The summed E-state index contributed by atoms with van der Waals surface area (Å²) in [5.41, 5.74) is 22.8. The first-order valence-corrected chi connectivity index (χ1v) is 31.9. The second-order valence-electron chi connectivity index (χ2n) is 23.3. The zero-order valence-electron chi connectivity index (χ0n) is 57.3. The summed E-state index contributed by atoms with van der Waals surface area (Å²) in [4.78, 5) is 49.4. The van der Waals surface area contributed by atoms with Gasteiger partial charge >= 0.3 is 5.97 Å². The molecule has 10 aromatic rings. The number of nitrogens with zero attached hydrogens (tertiary/aromatic N) is 13. The van der Waals surface area contributed by atoms with Crippen molar-refractivity contribution in [3.8, 4) is 56.7 Å². The number of hydrogen-bond donors (Lipinski definition) is 4. The van der Waals surface area contributed by atoms with Crippen LogP contribution in [0, 0.1) is 33.6 Å². The Labute approximate surface area is 575 Å². The fourth-order valence-electron chi connectivity index (χ4n) is 10.5. The molecule has 2 saturated heterocycles. The summed E-state index contributed by atoms with van der Waals surface area (Å²) >= 11 is 0. The smallest absolute Gasteiger partial charge is 0.354 e. The fraction of sp³-hybridized carbons (Fsp3) is 0.375. The van der Waals surface area contributed by atoms with Crippen molar-refractivity contribution in [3.05, 3.63) is 190 Å². The number of nitrogens with one attached hydrogen (secondary N) is 2. The number of aryl methyl sites for hydroxylation is 8. The van der Waals surface area contributed by atoms with Gasteiger partial charge in [-0.05, 0) is 173 Å². The molecule has 2 aromatic carbocycles. The lowest BCUT2D eigenvalue weighted by Crippen LogP contribution is -2.39. The number of aromatic nitrogens is 13. The van der Waals surface area contributed by atoms with E-state index < -0.39 is 5.97 Å². The van der Waals surface area contributed by atoms with Crippen LogP contribution in [0.15, 0.2) is 128 Å². The van der Waals surface area contributed by atoms with Crippen molar-refractivity contribution in [1.82, 2.24) is 74.5 Å². The highest BCUT2D eigenvalue weighted by Gasteiger charge is 2.23. The molecule has 0 spiro atoms. The second-order valence-corrected chi connectivity index (χ2v) is 23.3. The summed E-state index contributed by atoms with van der Waals surface area (Å²) in [6.45, 7) is 17.8. The van der Waals surface area contributed by atoms with Crippen molar-refractivity contribution >= 4 is 41.8 Å². The molecule has 0 atom stereocenters. The fourth-order valence-corrected chi connectivity index (χ4v) is 10.5. The molecular formula is C72H93IN16O6. The number of nitrogens with two attached hydrogens (primary N) is 1. The average Bonchev–Trinajstić information content (AvgIpc) is 1.66. The first-order valence-electron chi connectivity index (χ1n) is 31.9. The van der Waals surface area contributed by atoms with Crippen molar-refractivity contribution in [1.29, 1.82) is 0 Å². The summed E-state index contributed by atoms with van der Waals surface area (Å²) in [7, 11) is 12.5. The molecule has 22 nitrogen and oxygen atoms in total. The van der Waals surface area contributed by atoms with Crippen molar-refractivity contribution < 1.29 is 29.0 Å². The number of ether oxygens (including phenoxy) is 2. The minimum atomic E-state index is -1.01. The quantitative estimate of drug-likeness (QED) is 0.0782. The Morgan fingerprint density at radius 1 is 0.505 bits per heavy atom. The van der Waals surface area contributed by atoms with Gasteiger partial charge in [0.05, 0.1) is 28.5 Å². The van der Waals surface area contributed by atoms with Gasteiger partial charge in [0, 0.05) is 117 Å². The van der Waals surface area contributed by atoms with Crippen LogP contribution in [0.3, 0.4) is 0 Å². The largest absolute Gasteiger partial charge is 0.477 e. The Kier molecular flexibility index (Phi) is 28.9. The number of hydrogen-bond acceptors (Lipinski definition) is 14. The Morgan fingerprint density at radius 2 is 0.853 bits per heavy atom. The van der Waals surface area contributed by atoms with E-state index in [1.807, 2.05) is 134 Å². The molecule has 95 heavy (non-hydrogen) atoms. The minimum absolute atomic E-state index is 0. The molecule has 2 fully saturated rings. The number of carbonyl (C=O) groups excluding carboxylic acids is 2. The zero-order chi connectivity index (χ0) is 68.0.